The van der Waals surface area contributed by atoms with E-state index in [0.717, 1.165) is 18.2 Å². The fourth-order valence-corrected chi connectivity index (χ4v) is 1.88. The van der Waals surface area contributed by atoms with E-state index in [1.807, 2.05) is 37.3 Å². The first-order valence-corrected chi connectivity index (χ1v) is 5.43. The molecule has 0 fully saturated rings. The first-order valence-electron chi connectivity index (χ1n) is 5.43. The molecule has 0 aliphatic heterocycles. The average molecular weight is 219 g/mol. The Morgan fingerprint density at radius 2 is 1.94 bits per heavy atom. The Labute approximate surface area is 95.1 Å². The van der Waals surface area contributed by atoms with Crippen LogP contribution in [0.4, 0.5) is 0 Å². The van der Waals surface area contributed by atoms with Crippen LogP contribution in [0, 0.1) is 0 Å². The fourth-order valence-electron chi connectivity index (χ4n) is 1.88. The van der Waals surface area contributed by atoms with Crippen molar-refractivity contribution in [2.75, 3.05) is 7.05 Å². The first-order chi connectivity index (χ1) is 7.77. The maximum atomic E-state index is 4.40. The summed E-state index contributed by atoms with van der Waals surface area (Å²) < 4.78 is 4.13. The van der Waals surface area contributed by atoms with E-state index in [1.165, 1.54) is 0 Å². The number of aromatic nitrogens is 4. The number of hydrogen-bond donors (Lipinski definition) is 1. The first kappa shape index (κ1) is 10.9. The van der Waals surface area contributed by atoms with Crippen molar-refractivity contribution in [1.29, 1.82) is 0 Å². The zero-order valence-electron chi connectivity index (χ0n) is 9.88. The zero-order valence-corrected chi connectivity index (χ0v) is 9.88. The highest BCUT2D eigenvalue weighted by atomic mass is 15.2. The smallest absolute Gasteiger partial charge is 0.133 e. The van der Waals surface area contributed by atoms with E-state index in [2.05, 4.69) is 26.8 Å². The average Bonchev–Trinajstić information content (AvgIpc) is 2.90. The van der Waals surface area contributed by atoms with E-state index in [4.69, 9.17) is 0 Å². The molecule has 2 rings (SSSR count). The summed E-state index contributed by atoms with van der Waals surface area (Å²) in [7, 11) is 3.92. The largest absolute Gasteiger partial charge is 0.336 e. The molecule has 0 bridgehead atoms. The number of hydrogen-bond acceptors (Lipinski definition) is 3. The summed E-state index contributed by atoms with van der Waals surface area (Å²) in [5.41, 5.74) is 0. The lowest BCUT2D eigenvalue weighted by atomic mass is 10.2. The van der Waals surface area contributed by atoms with Gasteiger partial charge in [0.05, 0.1) is 0 Å². The number of imidazole rings is 2. The van der Waals surface area contributed by atoms with Gasteiger partial charge in [-0.05, 0) is 14.0 Å². The van der Waals surface area contributed by atoms with Gasteiger partial charge in [-0.3, -0.25) is 0 Å². The third-order valence-corrected chi connectivity index (χ3v) is 2.75. The molecule has 2 aromatic heterocycles. The molecule has 0 spiro atoms. The predicted octanol–water partition coefficient (Wildman–Crippen LogP) is 0.945. The summed E-state index contributed by atoms with van der Waals surface area (Å²) in [6.07, 6.45) is 7.56. The van der Waals surface area contributed by atoms with Crippen molar-refractivity contribution >= 4 is 0 Å². The third kappa shape index (κ3) is 1.74. The van der Waals surface area contributed by atoms with Gasteiger partial charge in [0.15, 0.2) is 0 Å². The third-order valence-electron chi connectivity index (χ3n) is 2.75. The van der Waals surface area contributed by atoms with Gasteiger partial charge in [0.25, 0.3) is 0 Å². The summed E-state index contributed by atoms with van der Waals surface area (Å²) in [4.78, 5) is 8.77. The molecule has 0 amide bonds. The Kier molecular flexibility index (Phi) is 3.05. The molecule has 1 N–H and O–H groups in total. The number of nitrogens with zero attached hydrogens (tertiary/aromatic N) is 4. The maximum Gasteiger partial charge on any atom is 0.133 e. The molecule has 16 heavy (non-hydrogen) atoms. The van der Waals surface area contributed by atoms with Gasteiger partial charge in [-0.1, -0.05) is 0 Å². The lowest BCUT2D eigenvalue weighted by Gasteiger charge is -2.16. The van der Waals surface area contributed by atoms with Crippen molar-refractivity contribution in [2.24, 2.45) is 7.05 Å². The monoisotopic (exact) mass is 219 g/mol. The predicted molar refractivity (Wildman–Crippen MR) is 62.0 cm³/mol. The second kappa shape index (κ2) is 4.49. The summed E-state index contributed by atoms with van der Waals surface area (Å²) >= 11 is 0. The molecule has 0 radical (unpaired) electrons. The zero-order chi connectivity index (χ0) is 11.5. The van der Waals surface area contributed by atoms with Gasteiger partial charge in [-0.25, -0.2) is 9.97 Å². The van der Waals surface area contributed by atoms with Crippen LogP contribution in [0.15, 0.2) is 24.8 Å². The minimum Gasteiger partial charge on any atom is -0.336 e. The van der Waals surface area contributed by atoms with Gasteiger partial charge in [0.2, 0.25) is 0 Å². The SMILES string of the molecule is CCn1ccnc1C(NC)c1nccn1C. The second-order valence-electron chi connectivity index (χ2n) is 3.69. The molecule has 2 heterocycles. The molecule has 1 atom stereocenters. The van der Waals surface area contributed by atoms with E-state index in [0.29, 0.717) is 0 Å². The molecule has 5 nitrogen and oxygen atoms in total. The van der Waals surface area contributed by atoms with Crippen LogP contribution in [0.1, 0.15) is 24.6 Å². The Morgan fingerprint density at radius 1 is 1.25 bits per heavy atom. The highest BCUT2D eigenvalue weighted by molar-refractivity contribution is 5.12. The van der Waals surface area contributed by atoms with Crippen molar-refractivity contribution in [3.63, 3.8) is 0 Å². The Balaban J connectivity index is 2.40. The lowest BCUT2D eigenvalue weighted by Crippen LogP contribution is -2.24. The lowest BCUT2D eigenvalue weighted by molar-refractivity contribution is 0.550. The van der Waals surface area contributed by atoms with Gasteiger partial charge in [0, 0.05) is 38.4 Å². The van der Waals surface area contributed by atoms with Gasteiger partial charge in [-0.15, -0.1) is 0 Å². The molecule has 0 aliphatic rings. The molecule has 2 aromatic rings. The summed E-state index contributed by atoms with van der Waals surface area (Å²) in [5.74, 6) is 1.97. The quantitative estimate of drug-likeness (QED) is 0.832. The molecule has 5 heteroatoms. The molecular weight excluding hydrogens is 202 g/mol. The molecule has 0 saturated carbocycles. The van der Waals surface area contributed by atoms with E-state index < -0.39 is 0 Å². The summed E-state index contributed by atoms with van der Waals surface area (Å²) in [5, 5.41) is 3.26. The van der Waals surface area contributed by atoms with Crippen LogP contribution in [0.25, 0.3) is 0 Å². The second-order valence-corrected chi connectivity index (χ2v) is 3.69. The highest BCUT2D eigenvalue weighted by Gasteiger charge is 2.20. The van der Waals surface area contributed by atoms with Crippen LogP contribution in [-0.4, -0.2) is 26.1 Å². The molecule has 1 unspecified atom stereocenters. The van der Waals surface area contributed by atoms with Crippen molar-refractivity contribution in [1.82, 2.24) is 24.4 Å². The number of rotatable bonds is 4. The van der Waals surface area contributed by atoms with Crippen LogP contribution in [0.5, 0.6) is 0 Å². The highest BCUT2D eigenvalue weighted by Crippen LogP contribution is 2.18. The van der Waals surface area contributed by atoms with Gasteiger partial charge < -0.3 is 14.5 Å². The summed E-state index contributed by atoms with van der Waals surface area (Å²) in [6, 6.07) is 0.0370. The van der Waals surface area contributed by atoms with E-state index in [-0.39, 0.29) is 6.04 Å². The van der Waals surface area contributed by atoms with Crippen LogP contribution < -0.4 is 5.32 Å². The number of aryl methyl sites for hydroxylation is 2. The van der Waals surface area contributed by atoms with Gasteiger partial charge in [-0.2, -0.15) is 0 Å². The molecule has 86 valence electrons. The van der Waals surface area contributed by atoms with Crippen LogP contribution in [0.2, 0.25) is 0 Å². The van der Waals surface area contributed by atoms with Gasteiger partial charge >= 0.3 is 0 Å². The molecule has 0 saturated heterocycles. The Morgan fingerprint density at radius 3 is 2.50 bits per heavy atom. The normalized spacial score (nSPS) is 12.9. The van der Waals surface area contributed by atoms with Crippen LogP contribution in [-0.2, 0) is 13.6 Å². The minimum absolute atomic E-state index is 0.0370. The Bertz CT molecular complexity index is 456. The minimum atomic E-state index is 0.0370. The molecule has 0 aromatic carbocycles. The topological polar surface area (TPSA) is 47.7 Å². The van der Waals surface area contributed by atoms with Crippen molar-refractivity contribution in [3.8, 4) is 0 Å². The van der Waals surface area contributed by atoms with Crippen molar-refractivity contribution in [2.45, 2.75) is 19.5 Å². The fraction of sp³-hybridized carbons (Fsp3) is 0.455. The van der Waals surface area contributed by atoms with Crippen molar-refractivity contribution in [3.05, 3.63) is 36.4 Å². The van der Waals surface area contributed by atoms with Crippen LogP contribution in [0.3, 0.4) is 0 Å². The van der Waals surface area contributed by atoms with E-state index >= 15 is 0 Å². The standard InChI is InChI=1S/C11H17N5/c1-4-16-8-6-14-11(16)9(12-2)10-13-5-7-15(10)3/h5-9,12H,4H2,1-3H3. The van der Waals surface area contributed by atoms with Crippen molar-refractivity contribution < 1.29 is 0 Å². The van der Waals surface area contributed by atoms with Crippen LogP contribution >= 0.6 is 0 Å². The Hall–Kier alpha value is -1.62. The summed E-state index contributed by atoms with van der Waals surface area (Å²) in [6.45, 7) is 3.02. The molecule has 0 aliphatic carbocycles. The molecular formula is C11H17N5. The maximum absolute atomic E-state index is 4.40. The van der Waals surface area contributed by atoms with E-state index in [9.17, 15) is 0 Å². The van der Waals surface area contributed by atoms with E-state index in [1.54, 1.807) is 6.20 Å². The number of nitrogens with one attached hydrogen (secondary N) is 1. The van der Waals surface area contributed by atoms with Gasteiger partial charge in [0.1, 0.15) is 17.7 Å².